The molecule has 19 heavy (non-hydrogen) atoms. The monoisotopic (exact) mass is 275 g/mol. The highest BCUT2D eigenvalue weighted by Crippen LogP contribution is 2.12. The third-order valence-electron chi connectivity index (χ3n) is 2.20. The lowest BCUT2D eigenvalue weighted by Crippen LogP contribution is -2.40. The number of nitrogens with zero attached hydrogens (tertiary/aromatic N) is 1. The van der Waals surface area contributed by atoms with Crippen molar-refractivity contribution >= 4 is 11.9 Å². The van der Waals surface area contributed by atoms with E-state index in [2.05, 4.69) is 0 Å². The second-order valence-electron chi connectivity index (χ2n) is 4.72. The number of esters is 2. The molecule has 0 fully saturated rings. The van der Waals surface area contributed by atoms with E-state index < -0.39 is 12.3 Å². The van der Waals surface area contributed by atoms with Crippen LogP contribution in [0.15, 0.2) is 0 Å². The summed E-state index contributed by atoms with van der Waals surface area (Å²) < 4.78 is 9.82. The average Bonchev–Trinajstić information content (AvgIpc) is 2.26. The van der Waals surface area contributed by atoms with Crippen LogP contribution < -0.4 is 0 Å². The van der Waals surface area contributed by atoms with Gasteiger partial charge >= 0.3 is 11.9 Å². The number of carbonyl (C=O) groups excluding carboxylic acids is 2. The van der Waals surface area contributed by atoms with Crippen LogP contribution in [0.25, 0.3) is 0 Å². The Labute approximate surface area is 117 Å². The van der Waals surface area contributed by atoms with Gasteiger partial charge in [0.15, 0.2) is 0 Å². The zero-order chi connectivity index (χ0) is 15.6. The minimum atomic E-state index is -0.838. The first-order chi connectivity index (χ1) is 8.73. The van der Waals surface area contributed by atoms with Crippen LogP contribution in [0.4, 0.5) is 0 Å². The van der Waals surface area contributed by atoms with Crippen LogP contribution in [0, 0.1) is 5.92 Å². The molecule has 0 aliphatic rings. The van der Waals surface area contributed by atoms with Gasteiger partial charge in [-0.25, -0.2) is 0 Å². The Morgan fingerprint density at radius 2 is 1.53 bits per heavy atom. The van der Waals surface area contributed by atoms with Gasteiger partial charge in [0.05, 0.1) is 0 Å². The Bertz CT molecular complexity index is 264. The lowest BCUT2D eigenvalue weighted by atomic mass is 10.0. The number of hydrogen-bond acceptors (Lipinski definition) is 5. The normalized spacial score (nSPS) is 13.4. The predicted molar refractivity (Wildman–Crippen MR) is 75.6 cm³/mol. The molecular formula is C14H29NO4. The van der Waals surface area contributed by atoms with E-state index in [0.29, 0.717) is 12.3 Å². The fourth-order valence-corrected chi connectivity index (χ4v) is 1.46. The van der Waals surface area contributed by atoms with Gasteiger partial charge in [0, 0.05) is 13.8 Å². The molecule has 0 aromatic carbocycles. The van der Waals surface area contributed by atoms with Crippen molar-refractivity contribution in [3.05, 3.63) is 0 Å². The first-order valence-electron chi connectivity index (χ1n) is 6.78. The molecule has 2 atom stereocenters. The molecule has 0 saturated carbocycles. The van der Waals surface area contributed by atoms with Crippen molar-refractivity contribution in [3.8, 4) is 0 Å². The summed E-state index contributed by atoms with van der Waals surface area (Å²) in [5.74, 6) is -0.438. The van der Waals surface area contributed by atoms with E-state index in [9.17, 15) is 9.59 Å². The van der Waals surface area contributed by atoms with Crippen LogP contribution in [-0.4, -0.2) is 43.3 Å². The summed E-state index contributed by atoms with van der Waals surface area (Å²) in [5, 5.41) is 0. The molecule has 114 valence electrons. The largest absolute Gasteiger partial charge is 0.426 e. The molecule has 0 saturated heterocycles. The molecule has 0 aromatic heterocycles. The van der Waals surface area contributed by atoms with Crippen LogP contribution >= 0.6 is 0 Å². The van der Waals surface area contributed by atoms with E-state index in [1.54, 1.807) is 0 Å². The van der Waals surface area contributed by atoms with E-state index >= 15 is 0 Å². The summed E-state index contributed by atoms with van der Waals surface area (Å²) in [6.45, 7) is 10.9. The van der Waals surface area contributed by atoms with Crippen molar-refractivity contribution in [1.29, 1.82) is 0 Å². The fourth-order valence-electron chi connectivity index (χ4n) is 1.46. The molecule has 0 radical (unpaired) electrons. The van der Waals surface area contributed by atoms with E-state index in [0.717, 1.165) is 0 Å². The summed E-state index contributed by atoms with van der Waals surface area (Å²) >= 11 is 0. The third-order valence-corrected chi connectivity index (χ3v) is 2.20. The van der Waals surface area contributed by atoms with Gasteiger partial charge in [-0.2, -0.15) is 0 Å². The number of ether oxygens (including phenoxy) is 2. The van der Waals surface area contributed by atoms with E-state index in [4.69, 9.17) is 9.47 Å². The molecule has 0 aromatic rings. The number of likely N-dealkylation sites (N-methyl/N-ethyl adjacent to an activating group) is 1. The zero-order valence-corrected chi connectivity index (χ0v) is 13.5. The molecule has 0 aliphatic carbocycles. The van der Waals surface area contributed by atoms with Gasteiger partial charge in [-0.1, -0.05) is 27.7 Å². The number of carbonyl (C=O) groups is 2. The van der Waals surface area contributed by atoms with Crippen molar-refractivity contribution in [2.24, 2.45) is 5.92 Å². The Balaban J connectivity index is 0. The van der Waals surface area contributed by atoms with Crippen LogP contribution in [0.2, 0.25) is 0 Å². The van der Waals surface area contributed by atoms with Gasteiger partial charge in [0.2, 0.25) is 6.29 Å². The van der Waals surface area contributed by atoms with Crippen molar-refractivity contribution in [2.45, 2.75) is 60.3 Å². The van der Waals surface area contributed by atoms with Crippen LogP contribution in [0.5, 0.6) is 0 Å². The standard InChI is InChI=1S/C12H23NO4.C2H6/c1-8(2)7-11(13(5)6)12(15)17-10(4)16-9(3)14;1-2/h8,10-11H,7H2,1-6H3;1-2H3. The van der Waals surface area contributed by atoms with Gasteiger partial charge in [0.25, 0.3) is 0 Å². The Kier molecular flexibility index (Phi) is 11.5. The maximum atomic E-state index is 11.9. The fraction of sp³-hybridized carbons (Fsp3) is 0.857. The zero-order valence-electron chi connectivity index (χ0n) is 13.5. The van der Waals surface area contributed by atoms with Gasteiger partial charge < -0.3 is 9.47 Å². The molecule has 0 aliphatic heterocycles. The molecule has 2 unspecified atom stereocenters. The first kappa shape index (κ1) is 20.2. The van der Waals surface area contributed by atoms with Crippen LogP contribution in [-0.2, 0) is 19.1 Å². The predicted octanol–water partition coefficient (Wildman–Crippen LogP) is 2.44. The molecule has 0 spiro atoms. The molecule has 5 nitrogen and oxygen atoms in total. The lowest BCUT2D eigenvalue weighted by Gasteiger charge is -2.25. The average molecular weight is 275 g/mol. The second kappa shape index (κ2) is 10.8. The van der Waals surface area contributed by atoms with E-state index in [1.165, 1.54) is 13.8 Å². The highest BCUT2D eigenvalue weighted by molar-refractivity contribution is 5.76. The van der Waals surface area contributed by atoms with E-state index in [-0.39, 0.29) is 12.0 Å². The van der Waals surface area contributed by atoms with Gasteiger partial charge in [-0.3, -0.25) is 14.5 Å². The van der Waals surface area contributed by atoms with Crippen molar-refractivity contribution < 1.29 is 19.1 Å². The molecule has 0 rings (SSSR count). The summed E-state index contributed by atoms with van der Waals surface area (Å²) in [5.41, 5.74) is 0. The number of rotatable bonds is 6. The minimum absolute atomic E-state index is 0.312. The summed E-state index contributed by atoms with van der Waals surface area (Å²) in [7, 11) is 3.65. The quantitative estimate of drug-likeness (QED) is 0.550. The first-order valence-corrected chi connectivity index (χ1v) is 6.78. The van der Waals surface area contributed by atoms with Crippen LogP contribution in [0.3, 0.4) is 0 Å². The highest BCUT2D eigenvalue weighted by atomic mass is 16.7. The number of hydrogen-bond donors (Lipinski definition) is 0. The summed E-state index contributed by atoms with van der Waals surface area (Å²) in [6.07, 6.45) is -0.131. The molecule has 5 heteroatoms. The Morgan fingerprint density at radius 3 is 1.84 bits per heavy atom. The molecular weight excluding hydrogens is 246 g/mol. The topological polar surface area (TPSA) is 55.8 Å². The maximum absolute atomic E-state index is 11.9. The Hall–Kier alpha value is -1.10. The van der Waals surface area contributed by atoms with Crippen molar-refractivity contribution in [3.63, 3.8) is 0 Å². The van der Waals surface area contributed by atoms with E-state index in [1.807, 2.05) is 46.7 Å². The van der Waals surface area contributed by atoms with Gasteiger partial charge in [-0.15, -0.1) is 0 Å². The summed E-state index contributed by atoms with van der Waals surface area (Å²) in [6, 6.07) is -0.312. The van der Waals surface area contributed by atoms with Crippen LogP contribution in [0.1, 0.15) is 48.0 Å². The van der Waals surface area contributed by atoms with Gasteiger partial charge in [0.1, 0.15) is 6.04 Å². The highest BCUT2D eigenvalue weighted by Gasteiger charge is 2.25. The van der Waals surface area contributed by atoms with Crippen molar-refractivity contribution in [1.82, 2.24) is 4.90 Å². The molecule has 0 bridgehead atoms. The SMILES string of the molecule is CC.CC(=O)OC(C)OC(=O)C(CC(C)C)N(C)C. The second-order valence-corrected chi connectivity index (χ2v) is 4.72. The smallest absolute Gasteiger partial charge is 0.326 e. The molecule has 0 heterocycles. The maximum Gasteiger partial charge on any atom is 0.326 e. The van der Waals surface area contributed by atoms with Crippen molar-refractivity contribution in [2.75, 3.05) is 14.1 Å². The lowest BCUT2D eigenvalue weighted by molar-refractivity contribution is -0.186. The molecule has 0 N–H and O–H groups in total. The third kappa shape index (κ3) is 10.5. The summed E-state index contributed by atoms with van der Waals surface area (Å²) in [4.78, 5) is 24.4. The Morgan fingerprint density at radius 1 is 1.05 bits per heavy atom. The molecule has 0 amide bonds. The minimum Gasteiger partial charge on any atom is -0.426 e. The van der Waals surface area contributed by atoms with Gasteiger partial charge in [-0.05, 0) is 26.4 Å².